The van der Waals surface area contributed by atoms with E-state index in [-0.39, 0.29) is 18.7 Å². The van der Waals surface area contributed by atoms with Crippen LogP contribution in [-0.4, -0.2) is 32.1 Å². The molecular formula is C16H20O4. The van der Waals surface area contributed by atoms with Crippen molar-refractivity contribution in [2.24, 2.45) is 0 Å². The first-order chi connectivity index (χ1) is 9.69. The molecule has 108 valence electrons. The summed E-state index contributed by atoms with van der Waals surface area (Å²) in [6.45, 7) is 5.33. The Hall–Kier alpha value is -1.65. The molecular weight excluding hydrogens is 256 g/mol. The molecule has 0 bridgehead atoms. The molecule has 1 aliphatic heterocycles. The van der Waals surface area contributed by atoms with Crippen LogP contribution in [-0.2, 0) is 19.0 Å². The molecule has 0 spiro atoms. The van der Waals surface area contributed by atoms with Crippen LogP contribution in [0.4, 0.5) is 0 Å². The minimum atomic E-state index is -0.220. The Morgan fingerprint density at radius 2 is 2.10 bits per heavy atom. The first-order valence-electron chi connectivity index (χ1n) is 6.84. The van der Waals surface area contributed by atoms with E-state index in [0.717, 1.165) is 11.1 Å². The van der Waals surface area contributed by atoms with Gasteiger partial charge in [0.15, 0.2) is 6.29 Å². The Labute approximate surface area is 119 Å². The topological polar surface area (TPSA) is 48.1 Å². The monoisotopic (exact) mass is 276 g/mol. The van der Waals surface area contributed by atoms with Gasteiger partial charge in [0.2, 0.25) is 0 Å². The number of hydrogen-bond acceptors (Lipinski definition) is 4. The van der Waals surface area contributed by atoms with Crippen molar-refractivity contribution < 1.29 is 19.0 Å². The molecule has 1 unspecified atom stereocenters. The summed E-state index contributed by atoms with van der Waals surface area (Å²) >= 11 is 0. The summed E-state index contributed by atoms with van der Waals surface area (Å²) in [6.07, 6.45) is 2.10. The van der Waals surface area contributed by atoms with E-state index in [1.807, 2.05) is 37.3 Å². The Balaban J connectivity index is 2.04. The quantitative estimate of drug-likeness (QED) is 0.567. The molecule has 1 aromatic carbocycles. The van der Waals surface area contributed by atoms with Crippen LogP contribution in [0.25, 0.3) is 5.57 Å². The Morgan fingerprint density at radius 1 is 1.40 bits per heavy atom. The van der Waals surface area contributed by atoms with Crippen LogP contribution >= 0.6 is 0 Å². The van der Waals surface area contributed by atoms with Crippen LogP contribution in [0, 0.1) is 6.92 Å². The van der Waals surface area contributed by atoms with E-state index in [0.29, 0.717) is 19.8 Å². The average Bonchev–Trinajstić information content (AvgIpc) is 3.23. The van der Waals surface area contributed by atoms with Gasteiger partial charge in [0.05, 0.1) is 19.6 Å². The fourth-order valence-corrected chi connectivity index (χ4v) is 1.82. The molecule has 0 amide bonds. The van der Waals surface area contributed by atoms with E-state index >= 15 is 0 Å². The maximum Gasteiger partial charge on any atom is 0.310 e. The predicted octanol–water partition coefficient (Wildman–Crippen LogP) is 2.70. The molecule has 0 aliphatic carbocycles. The standard InChI is InChI=1S/C16H20O4/c1-3-18-15(17)10-14(8-9-19-16-11-20-16)13-6-4-12(2)5-7-13/h4-8,16H,3,9-11H2,1-2H3/b14-8+. The summed E-state index contributed by atoms with van der Waals surface area (Å²) in [5, 5.41) is 0. The lowest BCUT2D eigenvalue weighted by molar-refractivity contribution is -0.141. The molecule has 20 heavy (non-hydrogen) atoms. The smallest absolute Gasteiger partial charge is 0.310 e. The lowest BCUT2D eigenvalue weighted by Crippen LogP contribution is -2.06. The number of carbonyl (C=O) groups is 1. The molecule has 1 aromatic rings. The van der Waals surface area contributed by atoms with Gasteiger partial charge in [-0.15, -0.1) is 0 Å². The van der Waals surface area contributed by atoms with Crippen LogP contribution in [0.2, 0.25) is 0 Å². The average molecular weight is 276 g/mol. The molecule has 0 aromatic heterocycles. The van der Waals surface area contributed by atoms with E-state index in [1.54, 1.807) is 6.92 Å². The summed E-state index contributed by atoms with van der Waals surface area (Å²) in [7, 11) is 0. The molecule has 1 atom stereocenters. The largest absolute Gasteiger partial charge is 0.466 e. The molecule has 2 rings (SSSR count). The van der Waals surface area contributed by atoms with Crippen LogP contribution in [0.5, 0.6) is 0 Å². The van der Waals surface area contributed by atoms with Crippen molar-refractivity contribution in [3.05, 3.63) is 41.5 Å². The van der Waals surface area contributed by atoms with Crippen LogP contribution in [0.1, 0.15) is 24.5 Å². The molecule has 0 N–H and O–H groups in total. The van der Waals surface area contributed by atoms with Crippen molar-refractivity contribution in [3.8, 4) is 0 Å². The molecule has 1 aliphatic rings. The molecule has 1 heterocycles. The molecule has 1 fully saturated rings. The van der Waals surface area contributed by atoms with Crippen molar-refractivity contribution in [1.29, 1.82) is 0 Å². The van der Waals surface area contributed by atoms with E-state index in [1.165, 1.54) is 5.56 Å². The number of aryl methyl sites for hydroxylation is 1. The second-order valence-corrected chi connectivity index (χ2v) is 4.67. The Bertz CT molecular complexity index is 472. The number of benzene rings is 1. The minimum Gasteiger partial charge on any atom is -0.466 e. The highest BCUT2D eigenvalue weighted by atomic mass is 16.8. The van der Waals surface area contributed by atoms with Gasteiger partial charge in [-0.05, 0) is 25.0 Å². The van der Waals surface area contributed by atoms with Crippen molar-refractivity contribution in [2.45, 2.75) is 26.6 Å². The molecule has 4 nitrogen and oxygen atoms in total. The number of rotatable bonds is 7. The van der Waals surface area contributed by atoms with Gasteiger partial charge in [0.1, 0.15) is 6.61 Å². The number of carbonyl (C=O) groups excluding carboxylic acids is 1. The van der Waals surface area contributed by atoms with Gasteiger partial charge in [0.25, 0.3) is 0 Å². The van der Waals surface area contributed by atoms with E-state index in [2.05, 4.69) is 0 Å². The second kappa shape index (κ2) is 7.22. The summed E-state index contributed by atoms with van der Waals surface area (Å²) in [6, 6.07) is 8.07. The maximum atomic E-state index is 11.7. The summed E-state index contributed by atoms with van der Waals surface area (Å²) in [5.41, 5.74) is 3.12. The van der Waals surface area contributed by atoms with E-state index in [9.17, 15) is 4.79 Å². The molecule has 1 saturated heterocycles. The Kier molecular flexibility index (Phi) is 5.32. The molecule has 0 radical (unpaired) electrons. The van der Waals surface area contributed by atoms with Crippen molar-refractivity contribution in [3.63, 3.8) is 0 Å². The van der Waals surface area contributed by atoms with Crippen LogP contribution in [0.3, 0.4) is 0 Å². The van der Waals surface area contributed by atoms with Gasteiger partial charge in [-0.1, -0.05) is 35.9 Å². The zero-order valence-corrected chi connectivity index (χ0v) is 11.9. The lowest BCUT2D eigenvalue weighted by Gasteiger charge is -2.08. The van der Waals surface area contributed by atoms with Crippen molar-refractivity contribution >= 4 is 11.5 Å². The number of ether oxygens (including phenoxy) is 3. The SMILES string of the molecule is CCOC(=O)C/C(=C\COC1CO1)c1ccc(C)cc1. The van der Waals surface area contributed by atoms with Crippen LogP contribution in [0.15, 0.2) is 30.3 Å². The Morgan fingerprint density at radius 3 is 2.70 bits per heavy atom. The summed E-state index contributed by atoms with van der Waals surface area (Å²) in [4.78, 5) is 11.7. The van der Waals surface area contributed by atoms with Crippen molar-refractivity contribution in [1.82, 2.24) is 0 Å². The second-order valence-electron chi connectivity index (χ2n) is 4.67. The van der Waals surface area contributed by atoms with Gasteiger partial charge in [-0.25, -0.2) is 0 Å². The zero-order chi connectivity index (χ0) is 14.4. The third kappa shape index (κ3) is 4.79. The van der Waals surface area contributed by atoms with Gasteiger partial charge < -0.3 is 14.2 Å². The summed E-state index contributed by atoms with van der Waals surface area (Å²) < 4.78 is 15.4. The molecule has 0 saturated carbocycles. The normalized spacial score (nSPS) is 17.9. The number of hydrogen-bond donors (Lipinski definition) is 0. The first kappa shape index (κ1) is 14.8. The van der Waals surface area contributed by atoms with Crippen molar-refractivity contribution in [2.75, 3.05) is 19.8 Å². The lowest BCUT2D eigenvalue weighted by atomic mass is 10.0. The fraction of sp³-hybridized carbons (Fsp3) is 0.438. The summed E-state index contributed by atoms with van der Waals surface area (Å²) in [5.74, 6) is -0.220. The van der Waals surface area contributed by atoms with Gasteiger partial charge in [-0.3, -0.25) is 4.79 Å². The third-order valence-corrected chi connectivity index (χ3v) is 2.98. The fourth-order valence-electron chi connectivity index (χ4n) is 1.82. The van der Waals surface area contributed by atoms with Gasteiger partial charge >= 0.3 is 5.97 Å². The third-order valence-electron chi connectivity index (χ3n) is 2.98. The molecule has 4 heteroatoms. The van der Waals surface area contributed by atoms with Gasteiger partial charge in [-0.2, -0.15) is 0 Å². The number of epoxide rings is 1. The van der Waals surface area contributed by atoms with Crippen LogP contribution < -0.4 is 0 Å². The van der Waals surface area contributed by atoms with Gasteiger partial charge in [0, 0.05) is 0 Å². The van der Waals surface area contributed by atoms with E-state index < -0.39 is 0 Å². The van der Waals surface area contributed by atoms with E-state index in [4.69, 9.17) is 14.2 Å². The predicted molar refractivity (Wildman–Crippen MR) is 76.1 cm³/mol. The highest BCUT2D eigenvalue weighted by molar-refractivity contribution is 5.85. The minimum absolute atomic E-state index is 0.0758. The maximum absolute atomic E-state index is 11.7. The highest BCUT2D eigenvalue weighted by Crippen LogP contribution is 2.20. The number of esters is 1. The first-order valence-corrected chi connectivity index (χ1v) is 6.84. The zero-order valence-electron chi connectivity index (χ0n) is 11.9. The highest BCUT2D eigenvalue weighted by Gasteiger charge is 2.22.